The van der Waals surface area contributed by atoms with Crippen molar-refractivity contribution in [3.8, 4) is 0 Å². The van der Waals surface area contributed by atoms with Crippen LogP contribution < -0.4 is 0 Å². The Morgan fingerprint density at radius 2 is 2.00 bits per heavy atom. The molecule has 62 valence electrons. The fourth-order valence-electron chi connectivity index (χ4n) is 0.688. The molecule has 0 radical (unpaired) electrons. The van der Waals surface area contributed by atoms with Gasteiger partial charge in [0.2, 0.25) is 0 Å². The number of halogens is 2. The van der Waals surface area contributed by atoms with E-state index < -0.39 is 9.04 Å². The van der Waals surface area contributed by atoms with Crippen LogP contribution in [-0.2, 0) is 4.43 Å². The highest BCUT2D eigenvalue weighted by atomic mass is 79.9. The Labute approximate surface area is 81.5 Å². The van der Waals surface area contributed by atoms with E-state index in [1.807, 2.05) is 0 Å². The highest BCUT2D eigenvalue weighted by Gasteiger charge is 2.07. The molecule has 0 heterocycles. The molecular formula is C6H14Br2OSi. The maximum absolute atomic E-state index is 5.70. The van der Waals surface area contributed by atoms with E-state index in [4.69, 9.17) is 4.43 Å². The van der Waals surface area contributed by atoms with Gasteiger partial charge >= 0.3 is 0 Å². The van der Waals surface area contributed by atoms with Crippen LogP contribution in [0.2, 0.25) is 13.1 Å². The summed E-state index contributed by atoms with van der Waals surface area (Å²) in [6.07, 6.45) is 1.53. The molecule has 0 aliphatic carbocycles. The summed E-state index contributed by atoms with van der Waals surface area (Å²) in [5.41, 5.74) is 0. The third-order valence-electron chi connectivity index (χ3n) is 1.07. The predicted molar refractivity (Wildman–Crippen MR) is 56.0 cm³/mol. The average Bonchev–Trinajstić information content (AvgIpc) is 1.86. The van der Waals surface area contributed by atoms with Crippen molar-refractivity contribution in [2.24, 2.45) is 0 Å². The summed E-state index contributed by atoms with van der Waals surface area (Å²) in [5.74, 6) is 0. The average molecular weight is 290 g/mol. The van der Waals surface area contributed by atoms with E-state index in [1.54, 1.807) is 0 Å². The molecule has 0 bridgehead atoms. The smallest absolute Gasteiger partial charge is 0.171 e. The van der Waals surface area contributed by atoms with E-state index in [2.05, 4.69) is 45.0 Å². The number of hydrogen-bond donors (Lipinski definition) is 0. The van der Waals surface area contributed by atoms with Crippen molar-refractivity contribution in [1.29, 1.82) is 0 Å². The topological polar surface area (TPSA) is 9.23 Å². The van der Waals surface area contributed by atoms with Gasteiger partial charge in [0.1, 0.15) is 0 Å². The maximum Gasteiger partial charge on any atom is 0.171 e. The van der Waals surface area contributed by atoms with Crippen LogP contribution in [0.3, 0.4) is 0 Å². The number of hydrogen-bond acceptors (Lipinski definition) is 1. The first-order chi connectivity index (χ1) is 4.70. The quantitative estimate of drug-likeness (QED) is 0.558. The molecule has 0 fully saturated rings. The Kier molecular flexibility index (Phi) is 7.60. The summed E-state index contributed by atoms with van der Waals surface area (Å²) in [7, 11) is -0.828. The molecule has 1 unspecified atom stereocenters. The fraction of sp³-hybridized carbons (Fsp3) is 1.00. The monoisotopic (exact) mass is 288 g/mol. The Hall–Kier alpha value is 1.14. The van der Waals surface area contributed by atoms with E-state index in [9.17, 15) is 0 Å². The Balaban J connectivity index is 3.39. The Bertz CT molecular complexity index is 80.1. The summed E-state index contributed by atoms with van der Waals surface area (Å²) in [6.45, 7) is 4.40. The molecule has 0 aliphatic heterocycles. The first kappa shape index (κ1) is 11.1. The van der Waals surface area contributed by atoms with E-state index >= 15 is 0 Å². The van der Waals surface area contributed by atoms with Gasteiger partial charge in [0.25, 0.3) is 0 Å². The minimum absolute atomic E-state index is 0.422. The second kappa shape index (κ2) is 6.82. The molecule has 1 nitrogen and oxygen atoms in total. The largest absolute Gasteiger partial charge is 0.417 e. The van der Waals surface area contributed by atoms with Gasteiger partial charge in [-0.1, -0.05) is 31.9 Å². The van der Waals surface area contributed by atoms with Crippen molar-refractivity contribution >= 4 is 40.9 Å². The lowest BCUT2D eigenvalue weighted by Crippen LogP contribution is -2.22. The van der Waals surface area contributed by atoms with Gasteiger partial charge in [-0.2, -0.15) is 0 Å². The summed E-state index contributed by atoms with van der Waals surface area (Å²) < 4.78 is 5.70. The van der Waals surface area contributed by atoms with Crippen molar-refractivity contribution in [1.82, 2.24) is 0 Å². The lowest BCUT2D eigenvalue weighted by molar-refractivity contribution is 0.229. The molecule has 0 aliphatic rings. The van der Waals surface area contributed by atoms with Crippen molar-refractivity contribution in [3.63, 3.8) is 0 Å². The molecule has 0 saturated heterocycles. The molecule has 0 amide bonds. The first-order valence-electron chi connectivity index (χ1n) is 3.48. The normalized spacial score (nSPS) is 14.1. The Morgan fingerprint density at radius 1 is 1.40 bits per heavy atom. The van der Waals surface area contributed by atoms with Crippen molar-refractivity contribution in [3.05, 3.63) is 0 Å². The van der Waals surface area contributed by atoms with Crippen LogP contribution in [0, 0.1) is 0 Å². The van der Waals surface area contributed by atoms with E-state index in [0.29, 0.717) is 6.10 Å². The van der Waals surface area contributed by atoms with Crippen molar-refractivity contribution in [2.45, 2.75) is 25.6 Å². The van der Waals surface area contributed by atoms with Gasteiger partial charge in [0, 0.05) is 10.7 Å². The van der Waals surface area contributed by atoms with Crippen molar-refractivity contribution in [2.75, 3.05) is 10.7 Å². The molecule has 0 aromatic heterocycles. The third kappa shape index (κ3) is 5.89. The zero-order valence-corrected chi connectivity index (χ0v) is 10.8. The van der Waals surface area contributed by atoms with Gasteiger partial charge < -0.3 is 4.43 Å². The van der Waals surface area contributed by atoms with Gasteiger partial charge in [-0.05, 0) is 19.5 Å². The highest BCUT2D eigenvalue weighted by Crippen LogP contribution is 2.06. The molecule has 0 aromatic rings. The molecular weight excluding hydrogens is 276 g/mol. The first-order valence-corrected chi connectivity index (χ1v) is 8.50. The van der Waals surface area contributed by atoms with Gasteiger partial charge in [0.05, 0.1) is 6.10 Å². The fourth-order valence-corrected chi connectivity index (χ4v) is 2.96. The zero-order valence-electron chi connectivity index (χ0n) is 6.44. The molecule has 0 aromatic carbocycles. The number of alkyl halides is 2. The SMILES string of the molecule is C[SiH](C)OC(CBr)CCBr. The van der Waals surface area contributed by atoms with Crippen LogP contribution in [0.25, 0.3) is 0 Å². The lowest BCUT2D eigenvalue weighted by atomic mass is 10.3. The zero-order chi connectivity index (χ0) is 7.98. The molecule has 0 spiro atoms. The molecule has 0 rings (SSSR count). The van der Waals surface area contributed by atoms with E-state index in [-0.39, 0.29) is 0 Å². The van der Waals surface area contributed by atoms with Gasteiger partial charge in [-0.25, -0.2) is 0 Å². The van der Waals surface area contributed by atoms with Crippen LogP contribution in [0.15, 0.2) is 0 Å². The van der Waals surface area contributed by atoms with Crippen LogP contribution in [-0.4, -0.2) is 25.8 Å². The number of rotatable bonds is 5. The highest BCUT2D eigenvalue weighted by molar-refractivity contribution is 9.09. The molecule has 0 N–H and O–H groups in total. The minimum atomic E-state index is -0.828. The van der Waals surface area contributed by atoms with Crippen molar-refractivity contribution < 1.29 is 4.43 Å². The molecule has 0 saturated carbocycles. The molecule has 1 atom stereocenters. The van der Waals surface area contributed by atoms with Crippen LogP contribution in [0.4, 0.5) is 0 Å². The lowest BCUT2D eigenvalue weighted by Gasteiger charge is -2.16. The summed E-state index contributed by atoms with van der Waals surface area (Å²) in [6, 6.07) is 0. The van der Waals surface area contributed by atoms with Crippen LogP contribution in [0.5, 0.6) is 0 Å². The van der Waals surface area contributed by atoms with Gasteiger partial charge in [-0.15, -0.1) is 0 Å². The maximum atomic E-state index is 5.70. The van der Waals surface area contributed by atoms with Gasteiger partial charge in [-0.3, -0.25) is 0 Å². The summed E-state index contributed by atoms with van der Waals surface area (Å²) in [4.78, 5) is 0. The van der Waals surface area contributed by atoms with Gasteiger partial charge in [0.15, 0.2) is 9.04 Å². The standard InChI is InChI=1S/C6H14Br2OSi/c1-10(2)9-6(5-8)3-4-7/h6,10H,3-5H2,1-2H3. The Morgan fingerprint density at radius 3 is 2.30 bits per heavy atom. The molecule has 10 heavy (non-hydrogen) atoms. The minimum Gasteiger partial charge on any atom is -0.417 e. The third-order valence-corrected chi connectivity index (χ3v) is 3.18. The second-order valence-corrected chi connectivity index (χ2v) is 6.25. The van der Waals surface area contributed by atoms with Crippen LogP contribution >= 0.6 is 31.9 Å². The second-order valence-electron chi connectivity index (χ2n) is 2.44. The summed E-state index contributed by atoms with van der Waals surface area (Å²) >= 11 is 6.82. The van der Waals surface area contributed by atoms with E-state index in [1.165, 1.54) is 0 Å². The molecule has 4 heteroatoms. The van der Waals surface area contributed by atoms with E-state index in [0.717, 1.165) is 17.1 Å². The summed E-state index contributed by atoms with van der Waals surface area (Å²) in [5, 5.41) is 1.99. The predicted octanol–water partition coefficient (Wildman–Crippen LogP) is 2.53. The van der Waals surface area contributed by atoms with Crippen LogP contribution in [0.1, 0.15) is 6.42 Å².